The van der Waals surface area contributed by atoms with E-state index in [9.17, 15) is 19.2 Å². The van der Waals surface area contributed by atoms with E-state index in [0.29, 0.717) is 112 Å². The molecule has 13 rings (SSSR count). The smallest absolute Gasteiger partial charge is 0.271 e. The van der Waals surface area contributed by atoms with Crippen molar-refractivity contribution in [1.29, 1.82) is 0 Å². The summed E-state index contributed by atoms with van der Waals surface area (Å²) in [6.45, 7) is 0. The van der Waals surface area contributed by atoms with E-state index in [1.165, 1.54) is 24.9 Å². The van der Waals surface area contributed by atoms with Crippen LogP contribution < -0.4 is 21.7 Å². The Labute approximate surface area is 524 Å². The topological polar surface area (TPSA) is 275 Å². The predicted octanol–water partition coefficient (Wildman–Crippen LogP) is 12.0. The molecule has 2 aliphatic heterocycles. The molecule has 11 aromatic rings. The summed E-state index contributed by atoms with van der Waals surface area (Å²) in [6.07, 6.45) is 20.2. The van der Waals surface area contributed by atoms with Crippen LogP contribution in [0.4, 0.5) is 0 Å². The molecule has 92 heavy (non-hydrogen) atoms. The molecular formula is C72H50N16O4. The van der Waals surface area contributed by atoms with Crippen molar-refractivity contribution >= 4 is 94.9 Å². The number of benzene rings is 4. The normalized spacial score (nSPS) is 11.8. The highest BCUT2D eigenvalue weighted by molar-refractivity contribution is 6.03. The van der Waals surface area contributed by atoms with Crippen LogP contribution >= 0.6 is 0 Å². The van der Waals surface area contributed by atoms with E-state index in [2.05, 4.69) is 72.0 Å². The lowest BCUT2D eigenvalue weighted by molar-refractivity contribution is 0.0947. The number of rotatable bonds is 16. The maximum absolute atomic E-state index is 13.5. The van der Waals surface area contributed by atoms with Gasteiger partial charge in [-0.2, -0.15) is 20.4 Å². The van der Waals surface area contributed by atoms with E-state index in [1.54, 1.807) is 122 Å². The maximum Gasteiger partial charge on any atom is 0.271 e. The van der Waals surface area contributed by atoms with Crippen molar-refractivity contribution in [2.45, 2.75) is 0 Å². The van der Waals surface area contributed by atoms with Gasteiger partial charge in [0.15, 0.2) is 0 Å². The number of hydrogen-bond donors (Lipinski definition) is 6. The molecule has 4 amide bonds. The Bertz CT molecular complexity index is 4330. The summed E-state index contributed by atoms with van der Waals surface area (Å²) in [6, 6.07) is 58.2. The lowest BCUT2D eigenvalue weighted by Gasteiger charge is -2.08. The van der Waals surface area contributed by atoms with Crippen molar-refractivity contribution in [3.63, 3.8) is 0 Å². The summed E-state index contributed by atoms with van der Waals surface area (Å²) >= 11 is 0. The molecule has 0 saturated heterocycles. The van der Waals surface area contributed by atoms with Crippen LogP contribution in [0.15, 0.2) is 239 Å². The highest BCUT2D eigenvalue weighted by atomic mass is 16.2. The minimum atomic E-state index is -0.419. The number of carbonyl (C=O) groups excluding carboxylic acids is 4. The molecule has 0 aliphatic carbocycles. The average Bonchev–Trinajstić information content (AvgIpc) is 1.64. The van der Waals surface area contributed by atoms with Crippen molar-refractivity contribution in [3.8, 4) is 44.5 Å². The zero-order valence-corrected chi connectivity index (χ0v) is 48.5. The molecule has 9 heterocycles. The zero-order valence-electron chi connectivity index (χ0n) is 48.5. The molecule has 4 aromatic carbocycles. The fourth-order valence-corrected chi connectivity index (χ4v) is 10.3. The molecule has 0 atom stereocenters. The Morgan fingerprint density at radius 1 is 0.293 bits per heavy atom. The Balaban J connectivity index is 0.967. The van der Waals surface area contributed by atoms with Gasteiger partial charge in [0.25, 0.3) is 23.6 Å². The number of aromatic nitrogens is 8. The summed E-state index contributed by atoms with van der Waals surface area (Å²) in [5.41, 5.74) is 25.1. The number of carbonyl (C=O) groups is 4. The highest BCUT2D eigenvalue weighted by Gasteiger charge is 2.21. The van der Waals surface area contributed by atoms with Crippen molar-refractivity contribution in [2.24, 2.45) is 20.4 Å². The summed E-state index contributed by atoms with van der Waals surface area (Å²) < 4.78 is 0. The summed E-state index contributed by atoms with van der Waals surface area (Å²) in [5, 5.41) is 16.5. The molecule has 0 spiro atoms. The first-order chi connectivity index (χ1) is 45.2. The van der Waals surface area contributed by atoms with Crippen molar-refractivity contribution in [1.82, 2.24) is 61.6 Å². The van der Waals surface area contributed by atoms with Gasteiger partial charge in [-0.15, -0.1) is 0 Å². The molecule has 8 bridgehead atoms. The predicted molar refractivity (Wildman–Crippen MR) is 358 cm³/mol. The second kappa shape index (κ2) is 26.7. The number of nitrogens with one attached hydrogen (secondary N) is 6. The molecule has 6 N–H and O–H groups in total. The third kappa shape index (κ3) is 13.1. The summed E-state index contributed by atoms with van der Waals surface area (Å²) in [7, 11) is 0. The van der Waals surface area contributed by atoms with Gasteiger partial charge in [-0.1, -0.05) is 72.8 Å². The molecule has 20 heteroatoms. The number of pyridine rings is 4. The van der Waals surface area contributed by atoms with Crippen LogP contribution in [-0.2, 0) is 0 Å². The number of amides is 4. The Hall–Kier alpha value is -13.4. The van der Waals surface area contributed by atoms with Gasteiger partial charge >= 0.3 is 0 Å². The first-order valence-electron chi connectivity index (χ1n) is 28.8. The molecule has 0 fully saturated rings. The van der Waals surface area contributed by atoms with Crippen LogP contribution in [0, 0.1) is 0 Å². The SMILES string of the molecule is O=C(N/N=C/c1ccccn1)c1ccc(-c2c3nc(c(-c4ccc(C(=O)N/N=C/c5ccccn5)cc4)c4ccc([nH]4)c(-c4ccc(C(=O)N/N=C/c5ccccn5)cc4)c4nc(c(-c5ccc(C(=O)N/N=C/c6ccccn6)cc5)c5ccc2[nH]5)C=C4)C=C3)cc1. The molecule has 0 unspecified atom stereocenters. The second-order valence-electron chi connectivity index (χ2n) is 20.6. The molecule has 0 saturated carbocycles. The van der Waals surface area contributed by atoms with Gasteiger partial charge in [0.2, 0.25) is 0 Å². The minimum absolute atomic E-state index is 0.366. The summed E-state index contributed by atoms with van der Waals surface area (Å²) in [4.78, 5) is 89.2. The Kier molecular flexibility index (Phi) is 16.8. The highest BCUT2D eigenvalue weighted by Crippen LogP contribution is 2.39. The van der Waals surface area contributed by atoms with Gasteiger partial charge in [-0.3, -0.25) is 39.1 Å². The third-order valence-corrected chi connectivity index (χ3v) is 14.7. The quantitative estimate of drug-likeness (QED) is 0.0393. The maximum atomic E-state index is 13.5. The number of fused-ring (bicyclic) bond motifs is 8. The first kappa shape index (κ1) is 57.7. The largest absolute Gasteiger partial charge is 0.354 e. The number of hydrogen-bond acceptors (Lipinski definition) is 14. The van der Waals surface area contributed by atoms with Crippen molar-refractivity contribution < 1.29 is 19.2 Å². The Morgan fingerprint density at radius 3 is 0.728 bits per heavy atom. The van der Waals surface area contributed by atoms with Gasteiger partial charge in [-0.05, 0) is 168 Å². The molecule has 20 nitrogen and oxygen atoms in total. The van der Waals surface area contributed by atoms with Crippen LogP contribution in [0.25, 0.3) is 90.9 Å². The van der Waals surface area contributed by atoms with Crippen molar-refractivity contribution in [2.75, 3.05) is 0 Å². The van der Waals surface area contributed by atoms with E-state index >= 15 is 0 Å². The molecule has 7 aromatic heterocycles. The molecule has 442 valence electrons. The van der Waals surface area contributed by atoms with E-state index in [4.69, 9.17) is 9.97 Å². The third-order valence-electron chi connectivity index (χ3n) is 14.7. The van der Waals surface area contributed by atoms with E-state index < -0.39 is 23.6 Å². The minimum Gasteiger partial charge on any atom is -0.354 e. The van der Waals surface area contributed by atoms with Gasteiger partial charge in [0, 0.05) is 91.4 Å². The van der Waals surface area contributed by atoms with E-state index in [-0.39, 0.29) is 0 Å². The average molecular weight is 1200 g/mol. The van der Waals surface area contributed by atoms with E-state index in [1.807, 2.05) is 121 Å². The number of hydrazone groups is 4. The van der Waals surface area contributed by atoms with Gasteiger partial charge in [0.1, 0.15) is 0 Å². The zero-order chi connectivity index (χ0) is 62.6. The second-order valence-corrected chi connectivity index (χ2v) is 20.6. The number of aromatic amines is 2. The standard InChI is InChI=1S/C72H50N16O4/c89-69(85-77-41-53-9-1-5-37-73-53)49-21-13-45(14-22-49)65-57-29-31-59(81-57)66(46-15-23-50(24-16-46)70(90)86-78-42-54-10-2-6-38-74-54)61-33-35-63(83-61)68(48-19-27-52(28-20-48)72(92)88-80-44-56-12-4-8-40-76-56)64-36-34-62(84-64)67(60-32-30-58(65)82-60)47-17-25-51(26-18-47)71(91)87-79-43-55-11-3-7-39-75-55/h1-44,81,84H,(H,85,89)(H,86,90)(H,87,91)(H,88,92)/b65-57?,65-58?,66-59?,66-61?,67-60?,67-62?,68-63?,68-64?,77-41+,78-42+,79-43+,80-44+. The number of nitrogens with zero attached hydrogens (tertiary/aromatic N) is 10. The summed E-state index contributed by atoms with van der Waals surface area (Å²) in [5.74, 6) is -1.68. The molecule has 2 aliphatic rings. The van der Waals surface area contributed by atoms with Crippen LogP contribution in [-0.4, -0.2) is 88.4 Å². The first-order valence-corrected chi connectivity index (χ1v) is 28.8. The van der Waals surface area contributed by atoms with Crippen LogP contribution in [0.5, 0.6) is 0 Å². The van der Waals surface area contributed by atoms with Gasteiger partial charge < -0.3 is 9.97 Å². The fraction of sp³-hybridized carbons (Fsp3) is 0. The number of H-pyrrole nitrogens is 2. The van der Waals surface area contributed by atoms with Crippen molar-refractivity contribution in [3.05, 3.63) is 287 Å². The van der Waals surface area contributed by atoms with Gasteiger partial charge in [-0.25, -0.2) is 31.7 Å². The van der Waals surface area contributed by atoms with Crippen LogP contribution in [0.1, 0.15) is 87.0 Å². The lowest BCUT2D eigenvalue weighted by atomic mass is 10.0. The molecule has 0 radical (unpaired) electrons. The monoisotopic (exact) mass is 1200 g/mol. The lowest BCUT2D eigenvalue weighted by Crippen LogP contribution is -2.17. The molecular weight excluding hydrogens is 1150 g/mol. The van der Waals surface area contributed by atoms with Crippen LogP contribution in [0.3, 0.4) is 0 Å². The van der Waals surface area contributed by atoms with E-state index in [0.717, 1.165) is 22.3 Å². The van der Waals surface area contributed by atoms with Gasteiger partial charge in [0.05, 0.1) is 70.4 Å². The Morgan fingerprint density at radius 2 is 0.522 bits per heavy atom. The van der Waals surface area contributed by atoms with Crippen LogP contribution in [0.2, 0.25) is 0 Å². The fourth-order valence-electron chi connectivity index (χ4n) is 10.3.